The summed E-state index contributed by atoms with van der Waals surface area (Å²) in [6.07, 6.45) is 1.47. The van der Waals surface area contributed by atoms with E-state index in [-0.39, 0.29) is 16.7 Å². The van der Waals surface area contributed by atoms with E-state index in [0.717, 1.165) is 0 Å². The van der Waals surface area contributed by atoms with E-state index < -0.39 is 22.6 Å². The van der Waals surface area contributed by atoms with Gasteiger partial charge in [0.15, 0.2) is 6.61 Å². The number of rotatable bonds is 7. The maximum absolute atomic E-state index is 11.9. The average molecular weight is 285 g/mol. The molecule has 0 amide bonds. The molecule has 104 valence electrons. The monoisotopic (exact) mass is 285 g/mol. The molecule has 1 atom stereocenters. The second-order valence-corrected chi connectivity index (χ2v) is 5.51. The molecule has 0 bridgehead atoms. The van der Waals surface area contributed by atoms with Crippen LogP contribution in [0.15, 0.2) is 41.8 Å². The Morgan fingerprint density at radius 3 is 2.53 bits per heavy atom. The zero-order chi connectivity index (χ0) is 14.5. The van der Waals surface area contributed by atoms with Crippen molar-refractivity contribution < 1.29 is 23.1 Å². The van der Waals surface area contributed by atoms with E-state index in [1.54, 1.807) is 6.92 Å². The van der Waals surface area contributed by atoms with Crippen LogP contribution in [0.25, 0.3) is 0 Å². The molecular weight excluding hydrogens is 270 g/mol. The zero-order valence-corrected chi connectivity index (χ0v) is 11.2. The first-order valence-corrected chi connectivity index (χ1v) is 6.93. The molecule has 0 aliphatic carbocycles. The summed E-state index contributed by atoms with van der Waals surface area (Å²) in [6.45, 7) is 4.68. The van der Waals surface area contributed by atoms with E-state index in [1.807, 2.05) is 0 Å². The van der Waals surface area contributed by atoms with Gasteiger partial charge in [-0.25, -0.2) is 17.9 Å². The van der Waals surface area contributed by atoms with E-state index in [4.69, 9.17) is 9.84 Å². The molecule has 19 heavy (non-hydrogen) atoms. The number of aliphatic carboxylic acids is 1. The van der Waals surface area contributed by atoms with Gasteiger partial charge in [0, 0.05) is 6.04 Å². The SMILES string of the molecule is C=CC(C)NS(=O)(=O)c1ccc(OCC(=O)O)cc1. The predicted molar refractivity (Wildman–Crippen MR) is 69.6 cm³/mol. The van der Waals surface area contributed by atoms with Crippen LogP contribution >= 0.6 is 0 Å². The number of hydrogen-bond donors (Lipinski definition) is 2. The van der Waals surface area contributed by atoms with Gasteiger partial charge in [-0.05, 0) is 31.2 Å². The Labute approximate surface area is 111 Å². The number of carbonyl (C=O) groups is 1. The molecule has 0 fully saturated rings. The minimum atomic E-state index is -3.61. The third-order valence-corrected chi connectivity index (χ3v) is 3.77. The van der Waals surface area contributed by atoms with Crippen molar-refractivity contribution in [2.45, 2.75) is 17.9 Å². The first kappa shape index (κ1) is 15.2. The normalized spacial score (nSPS) is 12.7. The fraction of sp³-hybridized carbons (Fsp3) is 0.250. The summed E-state index contributed by atoms with van der Waals surface area (Å²) in [4.78, 5) is 10.4. The molecule has 0 radical (unpaired) electrons. The smallest absolute Gasteiger partial charge is 0.341 e. The summed E-state index contributed by atoms with van der Waals surface area (Å²) in [7, 11) is -3.61. The largest absolute Gasteiger partial charge is 0.482 e. The number of benzene rings is 1. The predicted octanol–water partition coefficient (Wildman–Crippen LogP) is 1.00. The molecule has 0 saturated carbocycles. The lowest BCUT2D eigenvalue weighted by molar-refractivity contribution is -0.139. The van der Waals surface area contributed by atoms with Crippen molar-refractivity contribution in [1.29, 1.82) is 0 Å². The van der Waals surface area contributed by atoms with Gasteiger partial charge in [-0.3, -0.25) is 0 Å². The maximum Gasteiger partial charge on any atom is 0.341 e. The van der Waals surface area contributed by atoms with Crippen LogP contribution in [0.1, 0.15) is 6.92 Å². The van der Waals surface area contributed by atoms with E-state index in [2.05, 4.69) is 11.3 Å². The van der Waals surface area contributed by atoms with Gasteiger partial charge in [0.2, 0.25) is 10.0 Å². The highest BCUT2D eigenvalue weighted by molar-refractivity contribution is 7.89. The number of carboxylic acids is 1. The molecule has 0 aliphatic heterocycles. The molecule has 1 aromatic carbocycles. The highest BCUT2D eigenvalue weighted by Gasteiger charge is 2.15. The van der Waals surface area contributed by atoms with Crippen LogP contribution in [0, 0.1) is 0 Å². The third-order valence-electron chi connectivity index (χ3n) is 2.19. The molecule has 7 heteroatoms. The third kappa shape index (κ3) is 4.72. The van der Waals surface area contributed by atoms with Gasteiger partial charge < -0.3 is 9.84 Å². The van der Waals surface area contributed by atoms with E-state index >= 15 is 0 Å². The van der Waals surface area contributed by atoms with E-state index in [1.165, 1.54) is 30.3 Å². The summed E-state index contributed by atoms with van der Waals surface area (Å²) in [6, 6.07) is 5.10. The molecule has 0 spiro atoms. The number of hydrogen-bond acceptors (Lipinski definition) is 4. The van der Waals surface area contributed by atoms with Crippen molar-refractivity contribution >= 4 is 16.0 Å². The van der Waals surface area contributed by atoms with E-state index in [9.17, 15) is 13.2 Å². The van der Waals surface area contributed by atoms with Crippen LogP contribution in [0.5, 0.6) is 5.75 Å². The molecule has 0 aliphatic rings. The Kier molecular flexibility index (Phi) is 5.08. The van der Waals surface area contributed by atoms with Crippen molar-refractivity contribution in [3.05, 3.63) is 36.9 Å². The van der Waals surface area contributed by atoms with Gasteiger partial charge in [-0.1, -0.05) is 6.08 Å². The van der Waals surface area contributed by atoms with Gasteiger partial charge in [0.25, 0.3) is 0 Å². The van der Waals surface area contributed by atoms with Gasteiger partial charge in [0.1, 0.15) is 5.75 Å². The Bertz CT molecular complexity index is 550. The molecule has 2 N–H and O–H groups in total. The summed E-state index contributed by atoms with van der Waals surface area (Å²) in [5.74, 6) is -0.809. The molecular formula is C12H15NO5S. The highest BCUT2D eigenvalue weighted by atomic mass is 32.2. The van der Waals surface area contributed by atoms with Gasteiger partial charge in [-0.15, -0.1) is 6.58 Å². The van der Waals surface area contributed by atoms with Crippen LogP contribution in [0.4, 0.5) is 0 Å². The zero-order valence-electron chi connectivity index (χ0n) is 10.4. The van der Waals surface area contributed by atoms with Crippen LogP contribution in [0.2, 0.25) is 0 Å². The summed E-state index contributed by atoms with van der Waals surface area (Å²) < 4.78 is 31.1. The first-order valence-electron chi connectivity index (χ1n) is 5.44. The van der Waals surface area contributed by atoms with Crippen molar-refractivity contribution in [3.63, 3.8) is 0 Å². The molecule has 0 heterocycles. The maximum atomic E-state index is 11.9. The number of sulfonamides is 1. The fourth-order valence-electron chi connectivity index (χ4n) is 1.22. The summed E-state index contributed by atoms with van der Waals surface area (Å²) >= 11 is 0. The Hall–Kier alpha value is -1.86. The lowest BCUT2D eigenvalue weighted by atomic mass is 10.3. The molecule has 0 aromatic heterocycles. The van der Waals surface area contributed by atoms with Gasteiger partial charge >= 0.3 is 5.97 Å². The second-order valence-electron chi connectivity index (χ2n) is 3.80. The van der Waals surface area contributed by atoms with Gasteiger partial charge in [0.05, 0.1) is 4.90 Å². The van der Waals surface area contributed by atoms with Crippen LogP contribution in [-0.4, -0.2) is 32.1 Å². The second kappa shape index (κ2) is 6.35. The summed E-state index contributed by atoms with van der Waals surface area (Å²) in [5, 5.41) is 8.44. The van der Waals surface area contributed by atoms with Crippen LogP contribution in [-0.2, 0) is 14.8 Å². The fourth-order valence-corrected chi connectivity index (χ4v) is 2.44. The minimum Gasteiger partial charge on any atom is -0.482 e. The Morgan fingerprint density at radius 2 is 2.05 bits per heavy atom. The van der Waals surface area contributed by atoms with E-state index in [0.29, 0.717) is 0 Å². The Morgan fingerprint density at radius 1 is 1.47 bits per heavy atom. The lowest BCUT2D eigenvalue weighted by Crippen LogP contribution is -2.30. The molecule has 1 aromatic rings. The Balaban J connectivity index is 2.80. The minimum absolute atomic E-state index is 0.0730. The van der Waals surface area contributed by atoms with Crippen LogP contribution in [0.3, 0.4) is 0 Å². The summed E-state index contributed by atoms with van der Waals surface area (Å²) in [5.41, 5.74) is 0. The topological polar surface area (TPSA) is 92.7 Å². The highest BCUT2D eigenvalue weighted by Crippen LogP contribution is 2.16. The number of ether oxygens (including phenoxy) is 1. The van der Waals surface area contributed by atoms with Gasteiger partial charge in [-0.2, -0.15) is 0 Å². The number of nitrogens with one attached hydrogen (secondary N) is 1. The molecule has 1 unspecified atom stereocenters. The van der Waals surface area contributed by atoms with Crippen molar-refractivity contribution in [2.24, 2.45) is 0 Å². The number of carboxylic acid groups (broad SMARTS) is 1. The molecule has 0 saturated heterocycles. The molecule has 6 nitrogen and oxygen atoms in total. The average Bonchev–Trinajstić information content (AvgIpc) is 2.36. The quantitative estimate of drug-likeness (QED) is 0.729. The van der Waals surface area contributed by atoms with Crippen molar-refractivity contribution in [2.75, 3.05) is 6.61 Å². The van der Waals surface area contributed by atoms with Crippen LogP contribution < -0.4 is 9.46 Å². The molecule has 1 rings (SSSR count). The van der Waals surface area contributed by atoms with Crippen molar-refractivity contribution in [1.82, 2.24) is 4.72 Å². The van der Waals surface area contributed by atoms with Crippen molar-refractivity contribution in [3.8, 4) is 5.75 Å². The standard InChI is InChI=1S/C12H15NO5S/c1-3-9(2)13-19(16,17)11-6-4-10(5-7-11)18-8-12(14)15/h3-7,9,13H,1,8H2,2H3,(H,14,15). The lowest BCUT2D eigenvalue weighted by Gasteiger charge is -2.10. The first-order chi connectivity index (χ1) is 8.85.